The minimum absolute atomic E-state index is 0.00873. The number of imide groups is 1. The average molecular weight is 250 g/mol. The average Bonchev–Trinajstić information content (AvgIpc) is 2.59. The first-order valence-corrected chi connectivity index (χ1v) is 5.21. The number of pyridine rings is 1. The van der Waals surface area contributed by atoms with Gasteiger partial charge in [-0.2, -0.15) is 0 Å². The zero-order valence-corrected chi connectivity index (χ0v) is 9.33. The number of carboxylic acid groups (broad SMARTS) is 1. The Bertz CT molecular complexity index is 479. The molecule has 1 aliphatic rings. The molecule has 2 heterocycles. The molecule has 0 fully saturated rings. The minimum atomic E-state index is -1.10. The third-order valence-electron chi connectivity index (χ3n) is 2.46. The maximum absolute atomic E-state index is 11.8. The van der Waals surface area contributed by atoms with Gasteiger partial charge in [0.2, 0.25) is 0 Å². The predicted molar refractivity (Wildman–Crippen MR) is 58.1 cm³/mol. The highest BCUT2D eigenvalue weighted by Gasteiger charge is 2.35. The second kappa shape index (κ2) is 4.92. The van der Waals surface area contributed by atoms with E-state index in [1.54, 1.807) is 0 Å². The first kappa shape index (κ1) is 12.2. The Labute approximate surface area is 102 Å². The standard InChI is InChI=1S/C11H10N2O5/c14-9(15)6-18-4-3-13-10(16)7-1-2-12-5-8(7)11(13)17/h1-2,5H,3-4,6H2,(H,14,15). The molecule has 1 aromatic heterocycles. The molecule has 0 saturated heterocycles. The van der Waals surface area contributed by atoms with Crippen LogP contribution < -0.4 is 0 Å². The van der Waals surface area contributed by atoms with Crippen molar-refractivity contribution in [2.24, 2.45) is 0 Å². The second-order valence-corrected chi connectivity index (χ2v) is 3.63. The first-order chi connectivity index (χ1) is 8.61. The van der Waals surface area contributed by atoms with E-state index in [9.17, 15) is 14.4 Å². The van der Waals surface area contributed by atoms with Gasteiger partial charge in [-0.1, -0.05) is 0 Å². The van der Waals surface area contributed by atoms with Crippen molar-refractivity contribution >= 4 is 17.8 Å². The van der Waals surface area contributed by atoms with Gasteiger partial charge in [0, 0.05) is 12.4 Å². The minimum Gasteiger partial charge on any atom is -0.480 e. The van der Waals surface area contributed by atoms with E-state index in [1.807, 2.05) is 0 Å². The van der Waals surface area contributed by atoms with Crippen molar-refractivity contribution < 1.29 is 24.2 Å². The number of hydrogen-bond donors (Lipinski definition) is 1. The Hall–Kier alpha value is -2.28. The molecule has 0 aliphatic carbocycles. The number of rotatable bonds is 5. The van der Waals surface area contributed by atoms with Gasteiger partial charge in [-0.3, -0.25) is 19.5 Å². The van der Waals surface area contributed by atoms with E-state index in [0.717, 1.165) is 4.90 Å². The van der Waals surface area contributed by atoms with E-state index in [2.05, 4.69) is 4.98 Å². The number of ether oxygens (including phenoxy) is 1. The van der Waals surface area contributed by atoms with Crippen molar-refractivity contribution in [1.29, 1.82) is 0 Å². The summed E-state index contributed by atoms with van der Waals surface area (Å²) in [5.74, 6) is -1.93. The molecule has 0 saturated carbocycles. The molecule has 2 amide bonds. The summed E-state index contributed by atoms with van der Waals surface area (Å²) in [6.45, 7) is -0.435. The Balaban J connectivity index is 1.99. The van der Waals surface area contributed by atoms with E-state index in [1.165, 1.54) is 18.5 Å². The fourth-order valence-corrected chi connectivity index (χ4v) is 1.65. The number of aromatic nitrogens is 1. The van der Waals surface area contributed by atoms with E-state index < -0.39 is 24.4 Å². The molecule has 1 aromatic rings. The van der Waals surface area contributed by atoms with E-state index in [4.69, 9.17) is 9.84 Å². The third-order valence-corrected chi connectivity index (χ3v) is 2.46. The van der Waals surface area contributed by atoms with Crippen LogP contribution in [-0.2, 0) is 9.53 Å². The number of carbonyl (C=O) groups is 3. The van der Waals surface area contributed by atoms with Crippen LogP contribution in [0.5, 0.6) is 0 Å². The molecule has 0 radical (unpaired) electrons. The van der Waals surface area contributed by atoms with Crippen LogP contribution in [0.3, 0.4) is 0 Å². The molecule has 1 aliphatic heterocycles. The van der Waals surface area contributed by atoms with Crippen LogP contribution in [-0.4, -0.2) is 52.5 Å². The number of fused-ring (bicyclic) bond motifs is 1. The van der Waals surface area contributed by atoms with Crippen molar-refractivity contribution in [3.8, 4) is 0 Å². The Morgan fingerprint density at radius 1 is 1.33 bits per heavy atom. The number of aliphatic carboxylic acids is 1. The first-order valence-electron chi connectivity index (χ1n) is 5.21. The molecule has 7 nitrogen and oxygen atoms in total. The van der Waals surface area contributed by atoms with Crippen LogP contribution in [0.15, 0.2) is 18.5 Å². The molecule has 0 aromatic carbocycles. The summed E-state index contributed by atoms with van der Waals surface area (Å²) < 4.78 is 4.79. The molecule has 94 valence electrons. The Morgan fingerprint density at radius 2 is 2.06 bits per heavy atom. The number of nitrogens with zero attached hydrogens (tertiary/aromatic N) is 2. The van der Waals surface area contributed by atoms with Gasteiger partial charge in [0.15, 0.2) is 0 Å². The number of carbonyl (C=O) groups excluding carboxylic acids is 2. The second-order valence-electron chi connectivity index (χ2n) is 3.63. The maximum Gasteiger partial charge on any atom is 0.329 e. The van der Waals surface area contributed by atoms with Gasteiger partial charge < -0.3 is 9.84 Å². The highest BCUT2D eigenvalue weighted by molar-refractivity contribution is 6.21. The summed E-state index contributed by atoms with van der Waals surface area (Å²) in [4.78, 5) is 38.7. The number of amides is 2. The molecule has 18 heavy (non-hydrogen) atoms. The van der Waals surface area contributed by atoms with Crippen LogP contribution in [0, 0.1) is 0 Å². The van der Waals surface area contributed by atoms with Crippen LogP contribution in [0.25, 0.3) is 0 Å². The zero-order chi connectivity index (χ0) is 13.1. The van der Waals surface area contributed by atoms with Crippen LogP contribution >= 0.6 is 0 Å². The van der Waals surface area contributed by atoms with Gasteiger partial charge in [0.05, 0.1) is 24.3 Å². The summed E-state index contributed by atoms with van der Waals surface area (Å²) in [6, 6.07) is 1.48. The summed E-state index contributed by atoms with van der Waals surface area (Å²) in [5.41, 5.74) is 0.578. The Kier molecular flexibility index (Phi) is 3.33. The molecular weight excluding hydrogens is 240 g/mol. The van der Waals surface area contributed by atoms with E-state index in [-0.39, 0.29) is 18.7 Å². The molecule has 7 heteroatoms. The summed E-state index contributed by atoms with van der Waals surface area (Å²) in [6.07, 6.45) is 2.78. The molecule has 0 unspecified atom stereocenters. The van der Waals surface area contributed by atoms with E-state index >= 15 is 0 Å². The fraction of sp³-hybridized carbons (Fsp3) is 0.273. The zero-order valence-electron chi connectivity index (χ0n) is 9.33. The third kappa shape index (κ3) is 2.21. The monoisotopic (exact) mass is 250 g/mol. The van der Waals surface area contributed by atoms with Gasteiger partial charge in [-0.25, -0.2) is 4.79 Å². The normalized spacial score (nSPS) is 13.9. The highest BCUT2D eigenvalue weighted by Crippen LogP contribution is 2.20. The van der Waals surface area contributed by atoms with Crippen LogP contribution in [0.2, 0.25) is 0 Å². The largest absolute Gasteiger partial charge is 0.480 e. The topological polar surface area (TPSA) is 96.8 Å². The molecule has 2 rings (SSSR count). The van der Waals surface area contributed by atoms with Crippen molar-refractivity contribution in [1.82, 2.24) is 9.88 Å². The molecule has 0 atom stereocenters. The fourth-order valence-electron chi connectivity index (χ4n) is 1.65. The summed E-state index contributed by atoms with van der Waals surface area (Å²) in [5, 5.41) is 8.37. The van der Waals surface area contributed by atoms with Crippen LogP contribution in [0.4, 0.5) is 0 Å². The maximum atomic E-state index is 11.8. The van der Waals surface area contributed by atoms with Crippen molar-refractivity contribution in [3.05, 3.63) is 29.6 Å². The van der Waals surface area contributed by atoms with Gasteiger partial charge >= 0.3 is 5.97 Å². The smallest absolute Gasteiger partial charge is 0.329 e. The van der Waals surface area contributed by atoms with Crippen molar-refractivity contribution in [2.75, 3.05) is 19.8 Å². The van der Waals surface area contributed by atoms with Crippen LogP contribution in [0.1, 0.15) is 20.7 Å². The van der Waals surface area contributed by atoms with Gasteiger partial charge in [0.1, 0.15) is 6.61 Å². The molecule has 1 N–H and O–H groups in total. The Morgan fingerprint density at radius 3 is 2.72 bits per heavy atom. The lowest BCUT2D eigenvalue weighted by Crippen LogP contribution is -2.33. The SMILES string of the molecule is O=C(O)COCCN1C(=O)c2ccncc2C1=O. The number of carboxylic acids is 1. The quantitative estimate of drug-likeness (QED) is 0.573. The van der Waals surface area contributed by atoms with Gasteiger partial charge in [-0.15, -0.1) is 0 Å². The summed E-state index contributed by atoms with van der Waals surface area (Å²) in [7, 11) is 0. The van der Waals surface area contributed by atoms with Gasteiger partial charge in [-0.05, 0) is 6.07 Å². The highest BCUT2D eigenvalue weighted by atomic mass is 16.5. The molecular formula is C11H10N2O5. The van der Waals surface area contributed by atoms with E-state index in [0.29, 0.717) is 5.56 Å². The lowest BCUT2D eigenvalue weighted by molar-refractivity contribution is -0.142. The van der Waals surface area contributed by atoms with Gasteiger partial charge in [0.25, 0.3) is 11.8 Å². The lowest BCUT2D eigenvalue weighted by Gasteiger charge is -2.12. The molecule has 0 bridgehead atoms. The lowest BCUT2D eigenvalue weighted by atomic mass is 10.2. The predicted octanol–water partition coefficient (Wildman–Crippen LogP) is -0.221. The molecule has 0 spiro atoms. The van der Waals surface area contributed by atoms with Crippen molar-refractivity contribution in [3.63, 3.8) is 0 Å². The number of hydrogen-bond acceptors (Lipinski definition) is 5. The summed E-state index contributed by atoms with van der Waals surface area (Å²) >= 11 is 0. The van der Waals surface area contributed by atoms with Crippen molar-refractivity contribution in [2.45, 2.75) is 0 Å².